The molecule has 0 radical (unpaired) electrons. The van der Waals surface area contributed by atoms with Crippen LogP contribution in [0.2, 0.25) is 5.02 Å². The number of halogens is 2. The topological polar surface area (TPSA) is 20.2 Å². The number of aliphatic hydroxyl groups is 1. The van der Waals surface area contributed by atoms with Gasteiger partial charge in [-0.25, -0.2) is 4.39 Å². The molecule has 0 saturated carbocycles. The van der Waals surface area contributed by atoms with Gasteiger partial charge in [0, 0.05) is 10.3 Å². The fourth-order valence-electron chi connectivity index (χ4n) is 2.07. The van der Waals surface area contributed by atoms with Gasteiger partial charge in [-0.3, -0.25) is 0 Å². The van der Waals surface area contributed by atoms with Crippen molar-refractivity contribution in [2.75, 3.05) is 0 Å². The lowest BCUT2D eigenvalue weighted by molar-refractivity contribution is 0.222. The van der Waals surface area contributed by atoms with E-state index in [1.807, 2.05) is 29.6 Å². The molecule has 3 aromatic rings. The molecule has 96 valence electrons. The second-order valence-electron chi connectivity index (χ2n) is 4.26. The van der Waals surface area contributed by atoms with Crippen molar-refractivity contribution in [2.45, 2.75) is 6.10 Å². The first kappa shape index (κ1) is 12.6. The second kappa shape index (κ2) is 4.93. The number of thiophene rings is 1. The zero-order valence-corrected chi connectivity index (χ0v) is 11.4. The van der Waals surface area contributed by atoms with Gasteiger partial charge in [0.1, 0.15) is 11.9 Å². The lowest BCUT2D eigenvalue weighted by Crippen LogP contribution is -1.99. The highest BCUT2D eigenvalue weighted by Crippen LogP contribution is 2.34. The van der Waals surface area contributed by atoms with Gasteiger partial charge < -0.3 is 5.11 Å². The van der Waals surface area contributed by atoms with Crippen molar-refractivity contribution >= 4 is 33.0 Å². The third-order valence-corrected chi connectivity index (χ3v) is 4.34. The summed E-state index contributed by atoms with van der Waals surface area (Å²) in [6.45, 7) is 0. The average molecular weight is 293 g/mol. The summed E-state index contributed by atoms with van der Waals surface area (Å²) in [7, 11) is 0. The van der Waals surface area contributed by atoms with E-state index in [2.05, 4.69) is 0 Å². The number of rotatable bonds is 2. The van der Waals surface area contributed by atoms with Crippen LogP contribution in [0.15, 0.2) is 47.8 Å². The van der Waals surface area contributed by atoms with Crippen molar-refractivity contribution in [3.05, 3.63) is 69.8 Å². The van der Waals surface area contributed by atoms with Crippen LogP contribution in [-0.4, -0.2) is 5.11 Å². The van der Waals surface area contributed by atoms with Gasteiger partial charge in [0.05, 0.1) is 5.02 Å². The minimum atomic E-state index is -0.797. The van der Waals surface area contributed by atoms with Gasteiger partial charge in [0.25, 0.3) is 0 Å². The Morgan fingerprint density at radius 2 is 1.95 bits per heavy atom. The van der Waals surface area contributed by atoms with Crippen LogP contribution < -0.4 is 0 Å². The summed E-state index contributed by atoms with van der Waals surface area (Å²) in [4.78, 5) is 0. The molecule has 2 aromatic carbocycles. The van der Waals surface area contributed by atoms with Crippen molar-refractivity contribution in [1.82, 2.24) is 0 Å². The van der Waals surface area contributed by atoms with Crippen LogP contribution in [0.1, 0.15) is 17.2 Å². The predicted octanol–water partition coefficient (Wildman–Crippen LogP) is 4.78. The van der Waals surface area contributed by atoms with Gasteiger partial charge in [-0.2, -0.15) is 0 Å². The van der Waals surface area contributed by atoms with Crippen molar-refractivity contribution in [3.8, 4) is 0 Å². The maximum Gasteiger partial charge on any atom is 0.141 e. The summed E-state index contributed by atoms with van der Waals surface area (Å²) >= 11 is 7.33. The Bertz CT molecular complexity index is 738. The van der Waals surface area contributed by atoms with Crippen molar-refractivity contribution in [3.63, 3.8) is 0 Å². The molecule has 0 spiro atoms. The summed E-state index contributed by atoms with van der Waals surface area (Å²) < 4.78 is 14.3. The van der Waals surface area contributed by atoms with Crippen LogP contribution in [0.5, 0.6) is 0 Å². The molecule has 1 heterocycles. The Kier molecular flexibility index (Phi) is 3.27. The zero-order chi connectivity index (χ0) is 13.4. The molecule has 3 rings (SSSR count). The monoisotopic (exact) mass is 292 g/mol. The van der Waals surface area contributed by atoms with Crippen LogP contribution in [-0.2, 0) is 0 Å². The molecule has 1 atom stereocenters. The van der Waals surface area contributed by atoms with Gasteiger partial charge in [-0.1, -0.05) is 35.9 Å². The fraction of sp³-hybridized carbons (Fsp3) is 0.0667. The van der Waals surface area contributed by atoms with Gasteiger partial charge >= 0.3 is 0 Å². The first-order valence-electron chi connectivity index (χ1n) is 5.76. The van der Waals surface area contributed by atoms with Gasteiger partial charge in [-0.15, -0.1) is 11.3 Å². The minimum absolute atomic E-state index is 0.0242. The quantitative estimate of drug-likeness (QED) is 0.721. The third kappa shape index (κ3) is 2.25. The Balaban J connectivity index is 2.08. The molecule has 19 heavy (non-hydrogen) atoms. The van der Waals surface area contributed by atoms with E-state index in [1.54, 1.807) is 17.4 Å². The van der Waals surface area contributed by atoms with Crippen LogP contribution >= 0.6 is 22.9 Å². The predicted molar refractivity (Wildman–Crippen MR) is 77.3 cm³/mol. The average Bonchev–Trinajstić information content (AvgIpc) is 2.85. The van der Waals surface area contributed by atoms with E-state index >= 15 is 0 Å². The van der Waals surface area contributed by atoms with Gasteiger partial charge in [-0.05, 0) is 34.5 Å². The lowest BCUT2D eigenvalue weighted by Gasteiger charge is -2.11. The lowest BCUT2D eigenvalue weighted by atomic mass is 10.0. The van der Waals surface area contributed by atoms with E-state index < -0.39 is 11.9 Å². The number of hydrogen-bond acceptors (Lipinski definition) is 2. The van der Waals surface area contributed by atoms with Gasteiger partial charge in [0.2, 0.25) is 0 Å². The molecule has 1 aromatic heterocycles. The number of benzene rings is 2. The molecule has 4 heteroatoms. The SMILES string of the molecule is OC(c1ccc(F)c(Cl)c1)c1csc2ccccc12. The van der Waals surface area contributed by atoms with Gasteiger partial charge in [0.15, 0.2) is 0 Å². The second-order valence-corrected chi connectivity index (χ2v) is 5.58. The third-order valence-electron chi connectivity index (χ3n) is 3.06. The Morgan fingerprint density at radius 3 is 2.74 bits per heavy atom. The maximum absolute atomic E-state index is 13.1. The largest absolute Gasteiger partial charge is 0.384 e. The van der Waals surface area contributed by atoms with Crippen LogP contribution in [0.25, 0.3) is 10.1 Å². The normalized spacial score (nSPS) is 12.8. The summed E-state index contributed by atoms with van der Waals surface area (Å²) in [5.74, 6) is -0.479. The summed E-state index contributed by atoms with van der Waals surface area (Å²) in [6, 6.07) is 12.2. The standard InChI is InChI=1S/C15H10ClFOS/c16-12-7-9(5-6-13(12)17)15(18)11-8-19-14-4-2-1-3-10(11)14/h1-8,15,18H. The smallest absolute Gasteiger partial charge is 0.141 e. The molecule has 0 amide bonds. The molecule has 0 bridgehead atoms. The van der Waals surface area contributed by atoms with Crippen LogP contribution in [0.4, 0.5) is 4.39 Å². The molecule has 1 nitrogen and oxygen atoms in total. The van der Waals surface area contributed by atoms with Crippen LogP contribution in [0.3, 0.4) is 0 Å². The Hall–Kier alpha value is -1.42. The van der Waals surface area contributed by atoms with Crippen molar-refractivity contribution in [1.29, 1.82) is 0 Å². The highest BCUT2D eigenvalue weighted by Gasteiger charge is 2.16. The van der Waals surface area contributed by atoms with Crippen LogP contribution in [0, 0.1) is 5.82 Å². The Labute approximate surface area is 118 Å². The zero-order valence-electron chi connectivity index (χ0n) is 9.81. The molecule has 0 saturated heterocycles. The maximum atomic E-state index is 13.1. The first-order valence-corrected chi connectivity index (χ1v) is 7.02. The van der Waals surface area contributed by atoms with Crippen molar-refractivity contribution in [2.24, 2.45) is 0 Å². The molecule has 0 aliphatic rings. The van der Waals surface area contributed by atoms with E-state index in [0.717, 1.165) is 15.6 Å². The minimum Gasteiger partial charge on any atom is -0.384 e. The molecule has 0 fully saturated rings. The fourth-order valence-corrected chi connectivity index (χ4v) is 3.24. The van der Waals surface area contributed by atoms with E-state index in [0.29, 0.717) is 5.56 Å². The summed E-state index contributed by atoms with van der Waals surface area (Å²) in [5.41, 5.74) is 1.42. The summed E-state index contributed by atoms with van der Waals surface area (Å²) in [6.07, 6.45) is -0.797. The molecule has 0 aliphatic heterocycles. The van der Waals surface area contributed by atoms with Crippen molar-refractivity contribution < 1.29 is 9.50 Å². The Morgan fingerprint density at radius 1 is 1.16 bits per heavy atom. The number of aliphatic hydroxyl groups excluding tert-OH is 1. The summed E-state index contributed by atoms with van der Waals surface area (Å²) in [5, 5.41) is 13.4. The highest BCUT2D eigenvalue weighted by atomic mass is 35.5. The number of hydrogen-bond donors (Lipinski definition) is 1. The molecule has 1 N–H and O–H groups in total. The first-order chi connectivity index (χ1) is 9.16. The molecule has 0 aliphatic carbocycles. The van der Waals surface area contributed by atoms with E-state index in [1.165, 1.54) is 12.1 Å². The molecule has 1 unspecified atom stereocenters. The van der Waals surface area contributed by atoms with E-state index in [9.17, 15) is 9.50 Å². The molecular weight excluding hydrogens is 283 g/mol. The number of fused-ring (bicyclic) bond motifs is 1. The molecular formula is C15H10ClFOS. The highest BCUT2D eigenvalue weighted by molar-refractivity contribution is 7.17. The van der Waals surface area contributed by atoms with E-state index in [4.69, 9.17) is 11.6 Å². The van der Waals surface area contributed by atoms with E-state index in [-0.39, 0.29) is 5.02 Å².